The Hall–Kier alpha value is 0.910. The van der Waals surface area contributed by atoms with E-state index in [0.29, 0.717) is 6.61 Å². The third-order valence-electron chi connectivity index (χ3n) is 1.61. The van der Waals surface area contributed by atoms with E-state index < -0.39 is 10.1 Å². The second-order valence-corrected chi connectivity index (χ2v) is 4.66. The van der Waals surface area contributed by atoms with Crippen molar-refractivity contribution in [3.63, 3.8) is 0 Å². The Morgan fingerprint density at radius 3 is 2.15 bits per heavy atom. The third kappa shape index (κ3) is 10.8. The van der Waals surface area contributed by atoms with Gasteiger partial charge in [-0.05, 0) is 13.3 Å². The normalized spacial score (nSPS) is 10.9. The molecule has 76 valence electrons. The fourth-order valence-electron chi connectivity index (χ4n) is 0.798. The Balaban J connectivity index is 0. The van der Waals surface area contributed by atoms with Crippen LogP contribution in [0.2, 0.25) is 0 Å². The van der Waals surface area contributed by atoms with E-state index in [2.05, 4.69) is 6.92 Å². The van der Waals surface area contributed by atoms with Gasteiger partial charge in [0.25, 0.3) is 10.1 Å². The zero-order chi connectivity index (χ0) is 9.45. The summed E-state index contributed by atoms with van der Waals surface area (Å²) < 4.78 is 26.3. The van der Waals surface area contributed by atoms with E-state index in [1.807, 2.05) is 0 Å². The molecule has 0 radical (unpaired) electrons. The summed E-state index contributed by atoms with van der Waals surface area (Å²) in [7, 11) is -3.21. The first kappa shape index (κ1) is 16.3. The summed E-state index contributed by atoms with van der Waals surface area (Å²) in [4.78, 5) is 0. The van der Waals surface area contributed by atoms with Gasteiger partial charge in [0.15, 0.2) is 0 Å². The van der Waals surface area contributed by atoms with E-state index in [9.17, 15) is 8.42 Å². The molecule has 0 aliphatic carbocycles. The van der Waals surface area contributed by atoms with Crippen LogP contribution in [-0.2, 0) is 14.3 Å². The quantitative estimate of drug-likeness (QED) is 0.367. The van der Waals surface area contributed by atoms with Crippen molar-refractivity contribution in [3.05, 3.63) is 0 Å². The summed E-state index contributed by atoms with van der Waals surface area (Å²) in [5.41, 5.74) is 0. The molecule has 0 aliphatic rings. The average molecular weight is 218 g/mol. The van der Waals surface area contributed by atoms with Crippen LogP contribution in [0.1, 0.15) is 39.5 Å². The summed E-state index contributed by atoms with van der Waals surface area (Å²) in [5, 5.41) is 0. The molecule has 0 saturated heterocycles. The van der Waals surface area contributed by atoms with Crippen LogP contribution < -0.4 is 0 Å². The number of hydrogen-bond acceptors (Lipinski definition) is 3. The maximum absolute atomic E-state index is 10.8. The molecule has 0 aromatic carbocycles. The molecule has 0 fully saturated rings. The monoisotopic (exact) mass is 218 g/mol. The fraction of sp³-hybridized carbons (Fsp3) is 1.00. The molecule has 0 saturated carbocycles. The molecule has 0 aromatic rings. The zero-order valence-corrected chi connectivity index (χ0v) is 8.69. The van der Waals surface area contributed by atoms with Crippen molar-refractivity contribution in [2.24, 2.45) is 0 Å². The van der Waals surface area contributed by atoms with Gasteiger partial charge >= 0.3 is 29.6 Å². The average Bonchev–Trinajstić information content (AvgIpc) is 2.04. The molecule has 0 spiro atoms. The van der Waals surface area contributed by atoms with Gasteiger partial charge in [-0.3, -0.25) is 4.18 Å². The van der Waals surface area contributed by atoms with Crippen molar-refractivity contribution < 1.29 is 12.6 Å². The van der Waals surface area contributed by atoms with Gasteiger partial charge in [0.05, 0.1) is 12.4 Å². The molecule has 0 heterocycles. The van der Waals surface area contributed by atoms with Crippen LogP contribution in [0.5, 0.6) is 0 Å². The van der Waals surface area contributed by atoms with Crippen molar-refractivity contribution in [2.75, 3.05) is 12.4 Å². The van der Waals surface area contributed by atoms with E-state index >= 15 is 0 Å². The van der Waals surface area contributed by atoms with Crippen molar-refractivity contribution in [1.82, 2.24) is 0 Å². The molecule has 5 heteroatoms. The van der Waals surface area contributed by atoms with Crippen molar-refractivity contribution in [2.45, 2.75) is 39.5 Å². The van der Waals surface area contributed by atoms with Crippen LogP contribution in [0, 0.1) is 0 Å². The van der Waals surface area contributed by atoms with Gasteiger partial charge in [0.1, 0.15) is 0 Å². The van der Waals surface area contributed by atoms with Gasteiger partial charge in [-0.25, -0.2) is 0 Å². The topological polar surface area (TPSA) is 43.4 Å². The van der Waals surface area contributed by atoms with Crippen LogP contribution in [0.15, 0.2) is 0 Å². The minimum atomic E-state index is -3.21. The Labute approximate surface area is 104 Å². The molecule has 0 unspecified atom stereocenters. The molecule has 13 heavy (non-hydrogen) atoms. The number of hydrogen-bond donors (Lipinski definition) is 0. The van der Waals surface area contributed by atoms with Crippen LogP contribution >= 0.6 is 0 Å². The molecular weight excluding hydrogens is 199 g/mol. The SMILES string of the molecule is CCCCCCOS(=O)(=O)CC.[NaH]. The molecule has 0 amide bonds. The predicted octanol–water partition coefficient (Wildman–Crippen LogP) is 1.28. The first-order valence-electron chi connectivity index (χ1n) is 4.49. The second-order valence-electron chi connectivity index (χ2n) is 2.73. The third-order valence-corrected chi connectivity index (χ3v) is 2.85. The Morgan fingerprint density at radius 2 is 1.69 bits per heavy atom. The molecular formula is C8H19NaO3S. The fourth-order valence-corrected chi connectivity index (χ4v) is 1.34. The first-order chi connectivity index (χ1) is 5.62. The van der Waals surface area contributed by atoms with Gasteiger partial charge in [-0.1, -0.05) is 26.2 Å². The summed E-state index contributed by atoms with van der Waals surface area (Å²) >= 11 is 0. The molecule has 0 aliphatic heterocycles. The van der Waals surface area contributed by atoms with E-state index in [-0.39, 0.29) is 35.3 Å². The molecule has 0 rings (SSSR count). The summed E-state index contributed by atoms with van der Waals surface area (Å²) in [6.45, 7) is 4.04. The van der Waals surface area contributed by atoms with Crippen LogP contribution in [-0.4, -0.2) is 50.3 Å². The first-order valence-corrected chi connectivity index (χ1v) is 6.07. The summed E-state index contributed by atoms with van der Waals surface area (Å²) in [6, 6.07) is 0. The standard InChI is InChI=1S/C8H18O3S.Na.H/c1-3-5-6-7-8-11-12(9,10)4-2;;/h3-8H2,1-2H3;;. The van der Waals surface area contributed by atoms with Crippen molar-refractivity contribution in [3.8, 4) is 0 Å². The number of unbranched alkanes of at least 4 members (excludes halogenated alkanes) is 3. The minimum absolute atomic E-state index is 0. The maximum atomic E-state index is 10.8. The van der Waals surface area contributed by atoms with Gasteiger partial charge in [-0.15, -0.1) is 0 Å². The Bertz CT molecular complexity index is 190. The zero-order valence-electron chi connectivity index (χ0n) is 7.88. The van der Waals surface area contributed by atoms with Gasteiger partial charge in [0.2, 0.25) is 0 Å². The van der Waals surface area contributed by atoms with Gasteiger partial charge < -0.3 is 0 Å². The van der Waals surface area contributed by atoms with E-state index in [1.165, 1.54) is 0 Å². The predicted molar refractivity (Wildman–Crippen MR) is 56.7 cm³/mol. The molecule has 0 atom stereocenters. The van der Waals surface area contributed by atoms with E-state index in [1.54, 1.807) is 6.92 Å². The van der Waals surface area contributed by atoms with Gasteiger partial charge in [-0.2, -0.15) is 8.42 Å². The van der Waals surface area contributed by atoms with Crippen molar-refractivity contribution >= 4 is 39.7 Å². The van der Waals surface area contributed by atoms with Crippen LogP contribution in [0.25, 0.3) is 0 Å². The summed E-state index contributed by atoms with van der Waals surface area (Å²) in [6.07, 6.45) is 4.19. The second kappa shape index (κ2) is 9.46. The van der Waals surface area contributed by atoms with Gasteiger partial charge in [0, 0.05) is 0 Å². The molecule has 0 aromatic heterocycles. The summed E-state index contributed by atoms with van der Waals surface area (Å²) in [5.74, 6) is 0.0702. The molecule has 0 bridgehead atoms. The Kier molecular flexibility index (Phi) is 11.9. The number of rotatable bonds is 7. The van der Waals surface area contributed by atoms with Crippen LogP contribution in [0.3, 0.4) is 0 Å². The van der Waals surface area contributed by atoms with E-state index in [4.69, 9.17) is 4.18 Å². The molecule has 0 N–H and O–H groups in total. The van der Waals surface area contributed by atoms with Crippen molar-refractivity contribution in [1.29, 1.82) is 0 Å². The Morgan fingerprint density at radius 1 is 1.08 bits per heavy atom. The molecule has 3 nitrogen and oxygen atoms in total. The van der Waals surface area contributed by atoms with Crippen LogP contribution in [0.4, 0.5) is 0 Å². The van der Waals surface area contributed by atoms with E-state index in [0.717, 1.165) is 25.7 Å².